The molecule has 0 aromatic heterocycles. The maximum absolute atomic E-state index is 11.1. The fraction of sp³-hybridized carbons (Fsp3) is 0.562. The fourth-order valence-corrected chi connectivity index (χ4v) is 1.47. The Kier molecular flexibility index (Phi) is 5.17. The van der Waals surface area contributed by atoms with Gasteiger partial charge in [-0.1, -0.05) is 18.2 Å². The first-order valence-corrected chi connectivity index (χ1v) is 6.81. The minimum atomic E-state index is -0.898. The van der Waals surface area contributed by atoms with Crippen LogP contribution in [-0.4, -0.2) is 23.2 Å². The van der Waals surface area contributed by atoms with Gasteiger partial charge in [-0.25, -0.2) is 0 Å². The second-order valence-corrected chi connectivity index (χ2v) is 6.69. The van der Waals surface area contributed by atoms with E-state index in [1.165, 1.54) is 0 Å². The first-order chi connectivity index (χ1) is 9.12. The molecule has 1 aromatic carbocycles. The van der Waals surface area contributed by atoms with Crippen molar-refractivity contribution in [1.82, 2.24) is 5.32 Å². The number of carboxylic acid groups (broad SMARTS) is 1. The fourth-order valence-electron chi connectivity index (χ4n) is 1.47. The lowest BCUT2D eigenvalue weighted by Crippen LogP contribution is -2.35. The molecule has 4 nitrogen and oxygen atoms in total. The number of hydrogen-bond donors (Lipinski definition) is 2. The van der Waals surface area contributed by atoms with Crippen LogP contribution in [0.4, 0.5) is 0 Å². The van der Waals surface area contributed by atoms with E-state index in [-0.39, 0.29) is 12.1 Å². The number of hydrogen-bond acceptors (Lipinski definition) is 3. The van der Waals surface area contributed by atoms with Gasteiger partial charge in [0, 0.05) is 17.6 Å². The van der Waals surface area contributed by atoms with Crippen LogP contribution >= 0.6 is 0 Å². The van der Waals surface area contributed by atoms with E-state index in [0.717, 1.165) is 11.3 Å². The van der Waals surface area contributed by atoms with Crippen LogP contribution in [0.15, 0.2) is 24.3 Å². The molecule has 1 rings (SSSR count). The van der Waals surface area contributed by atoms with Crippen LogP contribution in [0.3, 0.4) is 0 Å². The van der Waals surface area contributed by atoms with Gasteiger partial charge < -0.3 is 15.2 Å². The Balaban J connectivity index is 2.73. The third-order valence-corrected chi connectivity index (χ3v) is 2.95. The summed E-state index contributed by atoms with van der Waals surface area (Å²) in [5, 5.41) is 12.5. The van der Waals surface area contributed by atoms with Gasteiger partial charge in [-0.15, -0.1) is 0 Å². The van der Waals surface area contributed by atoms with E-state index < -0.39 is 11.4 Å². The molecule has 2 N–H and O–H groups in total. The molecule has 0 bridgehead atoms. The van der Waals surface area contributed by atoms with Crippen molar-refractivity contribution >= 4 is 5.97 Å². The van der Waals surface area contributed by atoms with Crippen molar-refractivity contribution in [2.24, 2.45) is 5.41 Å². The lowest BCUT2D eigenvalue weighted by atomic mass is 9.95. The third kappa shape index (κ3) is 5.21. The smallest absolute Gasteiger partial charge is 0.312 e. The third-order valence-electron chi connectivity index (χ3n) is 2.95. The van der Waals surface area contributed by atoms with E-state index in [1.807, 2.05) is 24.3 Å². The summed E-state index contributed by atoms with van der Waals surface area (Å²) in [7, 11) is 0. The molecule has 0 fully saturated rings. The van der Waals surface area contributed by atoms with Crippen molar-refractivity contribution in [2.45, 2.75) is 46.7 Å². The molecule has 0 unspecified atom stereocenters. The van der Waals surface area contributed by atoms with Gasteiger partial charge in [-0.3, -0.25) is 4.79 Å². The molecule has 0 heterocycles. The van der Waals surface area contributed by atoms with E-state index in [1.54, 1.807) is 13.8 Å². The number of benzene rings is 1. The van der Waals surface area contributed by atoms with Gasteiger partial charge in [0.25, 0.3) is 0 Å². The van der Waals surface area contributed by atoms with Gasteiger partial charge in [0.05, 0.1) is 5.41 Å². The maximum atomic E-state index is 11.1. The number of carboxylic acids is 1. The Morgan fingerprint density at radius 3 is 2.35 bits per heavy atom. The summed E-state index contributed by atoms with van der Waals surface area (Å²) in [5.41, 5.74) is 0.154. The summed E-state index contributed by atoms with van der Waals surface area (Å²) in [5.74, 6) is -0.124. The van der Waals surface area contributed by atoms with Gasteiger partial charge in [0.15, 0.2) is 0 Å². The molecule has 4 heteroatoms. The molecular formula is C16H25NO3. The number of nitrogens with one attached hydrogen (secondary N) is 1. The summed E-state index contributed by atoms with van der Waals surface area (Å²) in [6, 6.07) is 7.71. The van der Waals surface area contributed by atoms with E-state index >= 15 is 0 Å². The number of ether oxygens (including phenoxy) is 1. The Hall–Kier alpha value is -1.55. The lowest BCUT2D eigenvalue weighted by Gasteiger charge is -2.23. The van der Waals surface area contributed by atoms with Crippen LogP contribution in [0.2, 0.25) is 0 Å². The molecule has 0 saturated heterocycles. The molecule has 0 aliphatic rings. The number of carbonyl (C=O) groups is 1. The van der Waals surface area contributed by atoms with Crippen LogP contribution in [0.5, 0.6) is 5.75 Å². The lowest BCUT2D eigenvalue weighted by molar-refractivity contribution is -0.148. The normalized spacial score (nSPS) is 12.2. The van der Waals surface area contributed by atoms with Gasteiger partial charge >= 0.3 is 5.97 Å². The first kappa shape index (κ1) is 16.5. The summed E-state index contributed by atoms with van der Waals surface area (Å²) < 4.78 is 5.71. The zero-order chi connectivity index (χ0) is 15.4. The largest absolute Gasteiger partial charge is 0.492 e. The molecule has 1 aromatic rings. The minimum Gasteiger partial charge on any atom is -0.492 e. The minimum absolute atomic E-state index is 0.0213. The van der Waals surface area contributed by atoms with Crippen molar-refractivity contribution in [1.29, 1.82) is 0 Å². The summed E-state index contributed by atoms with van der Waals surface area (Å²) >= 11 is 0. The highest BCUT2D eigenvalue weighted by Gasteiger charge is 2.28. The SMILES string of the molecule is CC(C)(C)NCc1ccccc1OCC(C)(C)C(=O)O. The number of para-hydroxylation sites is 1. The molecule has 0 atom stereocenters. The van der Waals surface area contributed by atoms with Crippen LogP contribution in [0.25, 0.3) is 0 Å². The molecule has 0 aliphatic carbocycles. The summed E-state index contributed by atoms with van der Waals surface area (Å²) in [4.78, 5) is 11.1. The highest BCUT2D eigenvalue weighted by molar-refractivity contribution is 5.73. The van der Waals surface area contributed by atoms with E-state index in [9.17, 15) is 4.79 Å². The standard InChI is InChI=1S/C16H25NO3/c1-15(2,3)17-10-12-8-6-7-9-13(12)20-11-16(4,5)14(18)19/h6-9,17H,10-11H2,1-5H3,(H,18,19). The Bertz CT molecular complexity index is 461. The Labute approximate surface area is 121 Å². The van der Waals surface area contributed by atoms with E-state index in [0.29, 0.717) is 6.54 Å². The van der Waals surface area contributed by atoms with E-state index in [2.05, 4.69) is 26.1 Å². The highest BCUT2D eigenvalue weighted by atomic mass is 16.5. The average Bonchev–Trinajstić information content (AvgIpc) is 2.33. The summed E-state index contributed by atoms with van der Waals surface area (Å²) in [6.45, 7) is 10.5. The molecule has 0 amide bonds. The molecule has 0 spiro atoms. The predicted octanol–water partition coefficient (Wildman–Crippen LogP) is 3.06. The summed E-state index contributed by atoms with van der Waals surface area (Å²) in [6.07, 6.45) is 0. The van der Waals surface area contributed by atoms with Crippen LogP contribution in [-0.2, 0) is 11.3 Å². The highest BCUT2D eigenvalue weighted by Crippen LogP contribution is 2.23. The molecule has 0 radical (unpaired) electrons. The van der Waals surface area contributed by atoms with Crippen molar-refractivity contribution < 1.29 is 14.6 Å². The monoisotopic (exact) mass is 279 g/mol. The average molecular weight is 279 g/mol. The van der Waals surface area contributed by atoms with Gasteiger partial charge in [0.2, 0.25) is 0 Å². The predicted molar refractivity (Wildman–Crippen MR) is 79.9 cm³/mol. The second kappa shape index (κ2) is 6.27. The van der Waals surface area contributed by atoms with E-state index in [4.69, 9.17) is 9.84 Å². The molecule has 112 valence electrons. The second-order valence-electron chi connectivity index (χ2n) is 6.69. The topological polar surface area (TPSA) is 58.6 Å². The zero-order valence-corrected chi connectivity index (χ0v) is 13.0. The van der Waals surface area contributed by atoms with Gasteiger partial charge in [-0.05, 0) is 40.7 Å². The van der Waals surface area contributed by atoms with Crippen molar-refractivity contribution in [3.8, 4) is 5.75 Å². The maximum Gasteiger partial charge on any atom is 0.312 e. The molecule has 0 saturated carbocycles. The van der Waals surface area contributed by atoms with Crippen molar-refractivity contribution in [3.05, 3.63) is 29.8 Å². The van der Waals surface area contributed by atoms with Crippen molar-refractivity contribution in [2.75, 3.05) is 6.61 Å². The van der Waals surface area contributed by atoms with Crippen molar-refractivity contribution in [3.63, 3.8) is 0 Å². The van der Waals surface area contributed by atoms with Crippen LogP contribution in [0, 0.1) is 5.41 Å². The number of aliphatic carboxylic acids is 1. The Morgan fingerprint density at radius 1 is 1.20 bits per heavy atom. The molecule has 0 aliphatic heterocycles. The van der Waals surface area contributed by atoms with Crippen LogP contribution in [0.1, 0.15) is 40.2 Å². The Morgan fingerprint density at radius 2 is 1.80 bits per heavy atom. The number of rotatable bonds is 6. The molecular weight excluding hydrogens is 254 g/mol. The van der Waals surface area contributed by atoms with Crippen LogP contribution < -0.4 is 10.1 Å². The van der Waals surface area contributed by atoms with Gasteiger partial charge in [-0.2, -0.15) is 0 Å². The first-order valence-electron chi connectivity index (χ1n) is 6.81. The quantitative estimate of drug-likeness (QED) is 0.840. The molecule has 20 heavy (non-hydrogen) atoms. The zero-order valence-electron chi connectivity index (χ0n) is 13.0. The van der Waals surface area contributed by atoms with Gasteiger partial charge in [0.1, 0.15) is 12.4 Å².